The maximum Gasteiger partial charge on any atom is 0.244 e. The molecule has 1 spiro atoms. The number of hydrogen-bond donors (Lipinski definition) is 3. The zero-order valence-electron chi connectivity index (χ0n) is 19.5. The molecule has 3 fully saturated rings. The Morgan fingerprint density at radius 2 is 1.94 bits per heavy atom. The quantitative estimate of drug-likeness (QED) is 0.290. The van der Waals surface area contributed by atoms with Gasteiger partial charge in [0.15, 0.2) is 0 Å². The van der Waals surface area contributed by atoms with Gasteiger partial charge in [-0.3, -0.25) is 14.4 Å². The first-order valence-corrected chi connectivity index (χ1v) is 14.1. The number of unbranched alkanes of at least 4 members (excludes halogenated alkanes) is 2. The first-order valence-electron chi connectivity index (χ1n) is 12.3. The summed E-state index contributed by atoms with van der Waals surface area (Å²) < 4.78 is -0.609. The maximum absolute atomic E-state index is 13.8. The fraction of sp³-hybridized carbons (Fsp3) is 0.640. The van der Waals surface area contributed by atoms with Crippen molar-refractivity contribution in [2.75, 3.05) is 19.7 Å². The summed E-state index contributed by atoms with van der Waals surface area (Å²) >= 11 is 5.44. The highest BCUT2D eigenvalue weighted by atomic mass is 79.9. The number of hydrogen-bond acceptors (Lipinski definition) is 5. The number of alkyl halides is 1. The minimum atomic E-state index is -0.609. The zero-order chi connectivity index (χ0) is 24.3. The number of carbonyl (C=O) groups excluding carboxylic acids is 3. The lowest BCUT2D eigenvalue weighted by Crippen LogP contribution is -2.54. The van der Waals surface area contributed by atoms with Crippen LogP contribution in [0.2, 0.25) is 0 Å². The van der Waals surface area contributed by atoms with Crippen LogP contribution in [-0.4, -0.2) is 68.3 Å². The van der Waals surface area contributed by atoms with Crippen LogP contribution in [0.25, 0.3) is 0 Å². The van der Waals surface area contributed by atoms with Crippen molar-refractivity contribution in [3.8, 4) is 0 Å². The van der Waals surface area contributed by atoms with Gasteiger partial charge in [-0.05, 0) is 37.7 Å². The Bertz CT molecular complexity index is 903. The topological polar surface area (TPSA) is 98.7 Å². The van der Waals surface area contributed by atoms with Crippen molar-refractivity contribution in [2.24, 2.45) is 11.8 Å². The second-order valence-electron chi connectivity index (χ2n) is 9.47. The summed E-state index contributed by atoms with van der Waals surface area (Å²) in [5.74, 6) is -1.22. The molecule has 9 heteroatoms. The normalized spacial score (nSPS) is 31.6. The van der Waals surface area contributed by atoms with Gasteiger partial charge in [-0.25, -0.2) is 0 Å². The van der Waals surface area contributed by atoms with Crippen LogP contribution < -0.4 is 10.6 Å². The molecule has 4 rings (SSSR count). The highest BCUT2D eigenvalue weighted by Crippen LogP contribution is 2.67. The van der Waals surface area contributed by atoms with Crippen molar-refractivity contribution < 1.29 is 19.5 Å². The van der Waals surface area contributed by atoms with E-state index in [1.807, 2.05) is 37.3 Å². The molecule has 0 saturated carbocycles. The first kappa shape index (κ1) is 25.5. The first-order chi connectivity index (χ1) is 16.4. The van der Waals surface area contributed by atoms with Gasteiger partial charge in [0, 0.05) is 36.3 Å². The number of benzene rings is 1. The molecule has 3 unspecified atom stereocenters. The smallest absolute Gasteiger partial charge is 0.244 e. The Kier molecular flexibility index (Phi) is 8.25. The molecule has 3 amide bonds. The van der Waals surface area contributed by atoms with Crippen LogP contribution in [0.5, 0.6) is 0 Å². The SMILES string of the molecule is CCCNC(=O)[C@H]1[C@H]2C(=O)N(CCCCCO)C(C(=O)NCc3ccccc3)C23CC(Br)[C@@H]1S3. The molecule has 1 aromatic carbocycles. The maximum atomic E-state index is 13.8. The summed E-state index contributed by atoms with van der Waals surface area (Å²) in [7, 11) is 0. The molecule has 3 N–H and O–H groups in total. The number of carbonyl (C=O) groups is 3. The number of fused-ring (bicyclic) bond motifs is 1. The van der Waals surface area contributed by atoms with E-state index in [1.54, 1.807) is 16.7 Å². The molecule has 7 nitrogen and oxygen atoms in total. The molecule has 0 aliphatic carbocycles. The van der Waals surface area contributed by atoms with E-state index in [2.05, 4.69) is 26.6 Å². The predicted octanol–water partition coefficient (Wildman–Crippen LogP) is 2.46. The Hall–Kier alpha value is -1.58. The fourth-order valence-electron chi connectivity index (χ4n) is 5.79. The van der Waals surface area contributed by atoms with Crippen LogP contribution in [0.3, 0.4) is 0 Å². The van der Waals surface area contributed by atoms with Crippen molar-refractivity contribution in [3.63, 3.8) is 0 Å². The van der Waals surface area contributed by atoms with Gasteiger partial charge in [0.2, 0.25) is 17.7 Å². The minimum absolute atomic E-state index is 0.0215. The number of amides is 3. The molecular formula is C25H34BrN3O4S. The van der Waals surface area contributed by atoms with E-state index in [-0.39, 0.29) is 34.4 Å². The molecule has 0 aromatic heterocycles. The molecule has 186 valence electrons. The predicted molar refractivity (Wildman–Crippen MR) is 136 cm³/mol. The van der Waals surface area contributed by atoms with Crippen molar-refractivity contribution in [1.82, 2.24) is 15.5 Å². The van der Waals surface area contributed by atoms with Gasteiger partial charge >= 0.3 is 0 Å². The Morgan fingerprint density at radius 3 is 2.65 bits per heavy atom. The number of rotatable bonds is 11. The average Bonchev–Trinajstić information content (AvgIpc) is 3.43. The third-order valence-electron chi connectivity index (χ3n) is 7.26. The van der Waals surface area contributed by atoms with E-state index in [0.717, 1.165) is 24.8 Å². The molecule has 3 aliphatic rings. The number of aliphatic hydroxyl groups excluding tert-OH is 1. The average molecular weight is 553 g/mol. The summed E-state index contributed by atoms with van der Waals surface area (Å²) in [4.78, 5) is 42.5. The highest BCUT2D eigenvalue weighted by Gasteiger charge is 2.75. The van der Waals surface area contributed by atoms with E-state index < -0.39 is 22.6 Å². The molecule has 6 atom stereocenters. The molecule has 3 heterocycles. The number of likely N-dealkylation sites (tertiary alicyclic amines) is 1. The summed E-state index contributed by atoms with van der Waals surface area (Å²) in [6, 6.07) is 9.13. The Balaban J connectivity index is 1.60. The summed E-state index contributed by atoms with van der Waals surface area (Å²) in [6.07, 6.45) is 3.69. The Labute approximate surface area is 213 Å². The second-order valence-corrected chi connectivity index (χ2v) is 12.2. The number of nitrogens with one attached hydrogen (secondary N) is 2. The molecular weight excluding hydrogens is 518 g/mol. The summed E-state index contributed by atoms with van der Waals surface area (Å²) in [6.45, 7) is 3.56. The molecule has 2 bridgehead atoms. The van der Waals surface area contributed by atoms with Gasteiger partial charge in [-0.2, -0.15) is 0 Å². The molecule has 3 saturated heterocycles. The third kappa shape index (κ3) is 4.63. The lowest BCUT2D eigenvalue weighted by Gasteiger charge is -2.35. The monoisotopic (exact) mass is 551 g/mol. The molecule has 1 aromatic rings. The second kappa shape index (κ2) is 11.0. The largest absolute Gasteiger partial charge is 0.396 e. The van der Waals surface area contributed by atoms with Crippen LogP contribution in [0, 0.1) is 11.8 Å². The highest BCUT2D eigenvalue weighted by molar-refractivity contribution is 9.09. The minimum Gasteiger partial charge on any atom is -0.396 e. The summed E-state index contributed by atoms with van der Waals surface area (Å²) in [5.41, 5.74) is 1.00. The van der Waals surface area contributed by atoms with Crippen molar-refractivity contribution in [2.45, 2.75) is 66.4 Å². The van der Waals surface area contributed by atoms with Gasteiger partial charge in [0.1, 0.15) is 6.04 Å². The molecule has 34 heavy (non-hydrogen) atoms. The molecule has 3 aliphatic heterocycles. The zero-order valence-corrected chi connectivity index (χ0v) is 21.9. The van der Waals surface area contributed by atoms with Crippen LogP contribution in [0.4, 0.5) is 0 Å². The van der Waals surface area contributed by atoms with E-state index in [4.69, 9.17) is 5.11 Å². The van der Waals surface area contributed by atoms with Gasteiger partial charge < -0.3 is 20.6 Å². The van der Waals surface area contributed by atoms with Crippen LogP contribution in [0.15, 0.2) is 30.3 Å². The van der Waals surface area contributed by atoms with E-state index in [1.165, 1.54) is 0 Å². The number of thioether (sulfide) groups is 1. The van der Waals surface area contributed by atoms with E-state index >= 15 is 0 Å². The van der Waals surface area contributed by atoms with Gasteiger partial charge in [0.05, 0.1) is 16.6 Å². The van der Waals surface area contributed by atoms with Crippen molar-refractivity contribution in [3.05, 3.63) is 35.9 Å². The standard InChI is InChI=1S/C25H34BrN3O4S/c1-2-11-27-22(31)18-19-24(33)29(12-7-4-8-13-30)21(25(19)14-17(26)20(18)34-25)23(32)28-15-16-9-5-3-6-10-16/h3,5-6,9-10,17-21,30H,2,4,7-8,11-15H2,1H3,(H,27,31)(H,28,32)/t17?,18-,19-,20-,21?,25?/m0/s1. The van der Waals surface area contributed by atoms with Crippen LogP contribution >= 0.6 is 27.7 Å². The molecule has 0 radical (unpaired) electrons. The van der Waals surface area contributed by atoms with E-state index in [9.17, 15) is 14.4 Å². The lowest BCUT2D eigenvalue weighted by molar-refractivity contribution is -0.140. The number of aliphatic hydroxyl groups is 1. The van der Waals surface area contributed by atoms with Crippen LogP contribution in [-0.2, 0) is 20.9 Å². The summed E-state index contributed by atoms with van der Waals surface area (Å²) in [5, 5.41) is 15.2. The van der Waals surface area contributed by atoms with E-state index in [0.29, 0.717) is 32.5 Å². The van der Waals surface area contributed by atoms with Gasteiger partial charge in [0.25, 0.3) is 0 Å². The Morgan fingerprint density at radius 1 is 1.18 bits per heavy atom. The van der Waals surface area contributed by atoms with Gasteiger partial charge in [-0.15, -0.1) is 11.8 Å². The van der Waals surface area contributed by atoms with Crippen LogP contribution in [0.1, 0.15) is 44.6 Å². The van der Waals surface area contributed by atoms with Gasteiger partial charge in [-0.1, -0.05) is 53.2 Å². The lowest BCUT2D eigenvalue weighted by atomic mass is 9.70. The number of halogens is 1. The van der Waals surface area contributed by atoms with Crippen molar-refractivity contribution >= 4 is 45.4 Å². The fourth-order valence-corrected chi connectivity index (χ4v) is 9.40. The van der Waals surface area contributed by atoms with Crippen molar-refractivity contribution in [1.29, 1.82) is 0 Å². The third-order valence-corrected chi connectivity index (χ3v) is 10.5. The number of nitrogens with zero attached hydrogens (tertiary/aromatic N) is 1.